The van der Waals surface area contributed by atoms with Gasteiger partial charge in [-0.05, 0) is 23.3 Å². The van der Waals surface area contributed by atoms with Crippen molar-refractivity contribution >= 4 is 5.96 Å². The first-order valence-electron chi connectivity index (χ1n) is 7.28. The molecule has 1 heterocycles. The van der Waals surface area contributed by atoms with Gasteiger partial charge in [-0.1, -0.05) is 30.3 Å². The number of methoxy groups -OCH3 is 1. The second kappa shape index (κ2) is 8.79. The predicted octanol–water partition coefficient (Wildman–Crippen LogP) is 1.88. The van der Waals surface area contributed by atoms with Crippen molar-refractivity contribution in [2.24, 2.45) is 10.7 Å². The summed E-state index contributed by atoms with van der Waals surface area (Å²) in [6.07, 6.45) is 2.61. The molecule has 0 aliphatic heterocycles. The fourth-order valence-electron chi connectivity index (χ4n) is 2.08. The van der Waals surface area contributed by atoms with Crippen LogP contribution in [0.4, 0.5) is 0 Å². The van der Waals surface area contributed by atoms with E-state index in [-0.39, 0.29) is 0 Å². The van der Waals surface area contributed by atoms with E-state index in [2.05, 4.69) is 21.4 Å². The maximum Gasteiger partial charge on any atom is 0.188 e. The van der Waals surface area contributed by atoms with Crippen LogP contribution in [-0.2, 0) is 24.3 Å². The van der Waals surface area contributed by atoms with Gasteiger partial charge in [0, 0.05) is 32.0 Å². The summed E-state index contributed by atoms with van der Waals surface area (Å²) in [6.45, 7) is 1.88. The molecule has 0 atom stereocenters. The summed E-state index contributed by atoms with van der Waals surface area (Å²) in [5.74, 6) is 0.452. The first-order valence-corrected chi connectivity index (χ1v) is 7.28. The lowest BCUT2D eigenvalue weighted by Gasteiger charge is -2.06. The standard InChI is InChI=1S/C17H22N4O/c1-22-13-15-6-4-5-14(11-15)12-21-17(18)20-10-8-16-7-2-3-9-19-16/h2-7,9,11H,8,10,12-13H2,1H3,(H3,18,20,21). The fraction of sp³-hybridized carbons (Fsp3) is 0.294. The Morgan fingerprint density at radius 3 is 2.86 bits per heavy atom. The average Bonchev–Trinajstić information content (AvgIpc) is 2.55. The van der Waals surface area contributed by atoms with Crippen LogP contribution in [0.15, 0.2) is 53.7 Å². The average molecular weight is 298 g/mol. The summed E-state index contributed by atoms with van der Waals surface area (Å²) < 4.78 is 5.12. The largest absolute Gasteiger partial charge is 0.380 e. The van der Waals surface area contributed by atoms with Gasteiger partial charge in [-0.3, -0.25) is 4.98 Å². The number of nitrogens with zero attached hydrogens (tertiary/aromatic N) is 2. The number of aromatic nitrogens is 1. The number of benzene rings is 1. The third-order valence-corrected chi connectivity index (χ3v) is 3.15. The highest BCUT2D eigenvalue weighted by Gasteiger charge is 1.97. The van der Waals surface area contributed by atoms with Crippen molar-refractivity contribution in [3.63, 3.8) is 0 Å². The number of hydrogen-bond acceptors (Lipinski definition) is 3. The van der Waals surface area contributed by atoms with Gasteiger partial charge in [-0.25, -0.2) is 4.99 Å². The van der Waals surface area contributed by atoms with Gasteiger partial charge in [-0.15, -0.1) is 0 Å². The van der Waals surface area contributed by atoms with E-state index >= 15 is 0 Å². The summed E-state index contributed by atoms with van der Waals surface area (Å²) in [5, 5.41) is 3.10. The topological polar surface area (TPSA) is 72.5 Å². The zero-order valence-corrected chi connectivity index (χ0v) is 12.8. The van der Waals surface area contributed by atoms with Gasteiger partial charge in [0.05, 0.1) is 13.2 Å². The van der Waals surface area contributed by atoms with Gasteiger partial charge >= 0.3 is 0 Å². The predicted molar refractivity (Wildman–Crippen MR) is 88.4 cm³/mol. The third-order valence-electron chi connectivity index (χ3n) is 3.15. The van der Waals surface area contributed by atoms with E-state index in [1.165, 1.54) is 0 Å². The lowest BCUT2D eigenvalue weighted by molar-refractivity contribution is 0.185. The lowest BCUT2D eigenvalue weighted by atomic mass is 10.1. The molecule has 5 heteroatoms. The first kappa shape index (κ1) is 16.0. The molecule has 0 spiro atoms. The maximum absolute atomic E-state index is 5.88. The van der Waals surface area contributed by atoms with Crippen LogP contribution in [0, 0.1) is 0 Å². The van der Waals surface area contributed by atoms with Crippen LogP contribution >= 0.6 is 0 Å². The number of aliphatic imine (C=N–C) groups is 1. The highest BCUT2D eigenvalue weighted by Crippen LogP contribution is 2.07. The van der Waals surface area contributed by atoms with Crippen LogP contribution in [0.5, 0.6) is 0 Å². The van der Waals surface area contributed by atoms with Gasteiger partial charge in [0.15, 0.2) is 5.96 Å². The molecule has 0 unspecified atom stereocenters. The van der Waals surface area contributed by atoms with Crippen molar-refractivity contribution < 1.29 is 4.74 Å². The molecule has 2 aromatic rings. The Bertz CT molecular complexity index is 599. The first-order chi connectivity index (χ1) is 10.8. The zero-order chi connectivity index (χ0) is 15.6. The Balaban J connectivity index is 1.78. The minimum atomic E-state index is 0.452. The van der Waals surface area contributed by atoms with E-state index in [4.69, 9.17) is 10.5 Å². The van der Waals surface area contributed by atoms with Crippen molar-refractivity contribution in [1.29, 1.82) is 0 Å². The van der Waals surface area contributed by atoms with Crippen LogP contribution in [0.2, 0.25) is 0 Å². The summed E-state index contributed by atoms with van der Waals surface area (Å²) >= 11 is 0. The molecule has 0 amide bonds. The van der Waals surface area contributed by atoms with E-state index < -0.39 is 0 Å². The number of ether oxygens (including phenoxy) is 1. The molecule has 0 bridgehead atoms. The molecular formula is C17H22N4O. The summed E-state index contributed by atoms with van der Waals surface area (Å²) in [5.41, 5.74) is 9.16. The highest BCUT2D eigenvalue weighted by atomic mass is 16.5. The molecule has 0 saturated carbocycles. The summed E-state index contributed by atoms with van der Waals surface area (Å²) in [7, 11) is 1.69. The third kappa shape index (κ3) is 5.54. The molecule has 2 rings (SSSR count). The Kier molecular flexibility index (Phi) is 6.39. The Labute approximate surface area is 131 Å². The van der Waals surface area contributed by atoms with Crippen LogP contribution in [-0.4, -0.2) is 24.6 Å². The molecule has 1 aromatic carbocycles. The number of pyridine rings is 1. The van der Waals surface area contributed by atoms with Crippen LogP contribution < -0.4 is 11.1 Å². The molecule has 3 N–H and O–H groups in total. The SMILES string of the molecule is COCc1cccc(CN=C(N)NCCc2ccccn2)c1. The van der Waals surface area contributed by atoms with Gasteiger partial charge in [-0.2, -0.15) is 0 Å². The molecule has 22 heavy (non-hydrogen) atoms. The van der Waals surface area contributed by atoms with Crippen molar-refractivity contribution in [3.05, 3.63) is 65.5 Å². The van der Waals surface area contributed by atoms with Crippen molar-refractivity contribution in [1.82, 2.24) is 10.3 Å². The van der Waals surface area contributed by atoms with Crippen molar-refractivity contribution in [3.8, 4) is 0 Å². The molecular weight excluding hydrogens is 276 g/mol. The molecule has 1 aromatic heterocycles. The lowest BCUT2D eigenvalue weighted by Crippen LogP contribution is -2.33. The van der Waals surface area contributed by atoms with E-state index in [1.54, 1.807) is 13.3 Å². The van der Waals surface area contributed by atoms with Crippen LogP contribution in [0.25, 0.3) is 0 Å². The van der Waals surface area contributed by atoms with Gasteiger partial charge in [0.2, 0.25) is 0 Å². The number of nitrogens with two attached hydrogens (primary N) is 1. The normalized spacial score (nSPS) is 11.4. The Hall–Kier alpha value is -2.40. The second-order valence-corrected chi connectivity index (χ2v) is 4.95. The Morgan fingerprint density at radius 1 is 1.23 bits per heavy atom. The van der Waals surface area contributed by atoms with E-state index in [1.807, 2.05) is 36.4 Å². The number of rotatable bonds is 7. The number of hydrogen-bond donors (Lipinski definition) is 2. The molecule has 0 radical (unpaired) electrons. The van der Waals surface area contributed by atoms with Crippen LogP contribution in [0.1, 0.15) is 16.8 Å². The van der Waals surface area contributed by atoms with E-state index in [0.29, 0.717) is 19.1 Å². The number of nitrogens with one attached hydrogen (secondary N) is 1. The molecule has 0 saturated heterocycles. The Morgan fingerprint density at radius 2 is 2.09 bits per heavy atom. The van der Waals surface area contributed by atoms with E-state index in [0.717, 1.165) is 29.8 Å². The summed E-state index contributed by atoms with van der Waals surface area (Å²) in [6, 6.07) is 14.0. The second-order valence-electron chi connectivity index (χ2n) is 4.95. The maximum atomic E-state index is 5.88. The zero-order valence-electron chi connectivity index (χ0n) is 12.8. The highest BCUT2D eigenvalue weighted by molar-refractivity contribution is 5.77. The van der Waals surface area contributed by atoms with Crippen molar-refractivity contribution in [2.45, 2.75) is 19.6 Å². The summed E-state index contributed by atoms with van der Waals surface area (Å²) in [4.78, 5) is 8.61. The molecule has 116 valence electrons. The molecule has 0 aliphatic carbocycles. The van der Waals surface area contributed by atoms with E-state index in [9.17, 15) is 0 Å². The monoisotopic (exact) mass is 298 g/mol. The smallest absolute Gasteiger partial charge is 0.188 e. The fourth-order valence-corrected chi connectivity index (χ4v) is 2.08. The van der Waals surface area contributed by atoms with Crippen LogP contribution in [0.3, 0.4) is 0 Å². The molecule has 0 aliphatic rings. The molecule has 0 fully saturated rings. The van der Waals surface area contributed by atoms with Crippen molar-refractivity contribution in [2.75, 3.05) is 13.7 Å². The number of guanidine groups is 1. The quantitative estimate of drug-likeness (QED) is 0.604. The van der Waals surface area contributed by atoms with Gasteiger partial charge < -0.3 is 15.8 Å². The van der Waals surface area contributed by atoms with Gasteiger partial charge in [0.1, 0.15) is 0 Å². The molecule has 5 nitrogen and oxygen atoms in total. The minimum absolute atomic E-state index is 0.452. The van der Waals surface area contributed by atoms with Gasteiger partial charge in [0.25, 0.3) is 0 Å². The minimum Gasteiger partial charge on any atom is -0.380 e.